The third kappa shape index (κ3) is 4.23. The van der Waals surface area contributed by atoms with Crippen molar-refractivity contribution in [2.75, 3.05) is 43.9 Å². The Bertz CT molecular complexity index is 923. The lowest BCUT2D eigenvalue weighted by atomic mass is 10.0. The molecular formula is C22H27N5O3. The maximum atomic E-state index is 12.5. The number of nitrogens with one attached hydrogen (secondary N) is 2. The summed E-state index contributed by atoms with van der Waals surface area (Å²) in [6.07, 6.45) is 3.31. The number of rotatable bonds is 3. The third-order valence-corrected chi connectivity index (χ3v) is 5.84. The average Bonchev–Trinajstić information content (AvgIpc) is 3.20. The molecule has 30 heavy (non-hydrogen) atoms. The van der Waals surface area contributed by atoms with Crippen molar-refractivity contribution in [2.45, 2.75) is 25.8 Å². The highest BCUT2D eigenvalue weighted by molar-refractivity contribution is 6.00. The van der Waals surface area contributed by atoms with Crippen molar-refractivity contribution in [1.29, 1.82) is 0 Å². The summed E-state index contributed by atoms with van der Waals surface area (Å²) in [6, 6.07) is 9.82. The van der Waals surface area contributed by atoms with Gasteiger partial charge < -0.3 is 20.3 Å². The highest BCUT2D eigenvalue weighted by Crippen LogP contribution is 2.39. The van der Waals surface area contributed by atoms with Crippen molar-refractivity contribution in [2.24, 2.45) is 0 Å². The molecule has 0 bridgehead atoms. The van der Waals surface area contributed by atoms with Crippen LogP contribution in [-0.4, -0.2) is 60.2 Å². The van der Waals surface area contributed by atoms with Gasteiger partial charge in [-0.1, -0.05) is 12.1 Å². The molecule has 1 saturated heterocycles. The maximum Gasteiger partial charge on any atom is 0.409 e. The van der Waals surface area contributed by atoms with Crippen LogP contribution in [0.4, 0.5) is 21.0 Å². The van der Waals surface area contributed by atoms with Gasteiger partial charge in [0.05, 0.1) is 19.0 Å². The molecule has 1 aliphatic carbocycles. The number of hydrogen-bond acceptors (Lipinski definition) is 5. The van der Waals surface area contributed by atoms with E-state index in [1.54, 1.807) is 11.1 Å². The third-order valence-electron chi connectivity index (χ3n) is 5.84. The number of methoxy groups -OCH3 is 1. The Labute approximate surface area is 176 Å². The molecule has 3 amide bonds. The van der Waals surface area contributed by atoms with E-state index in [0.717, 1.165) is 37.3 Å². The zero-order chi connectivity index (χ0) is 21.1. The predicted molar refractivity (Wildman–Crippen MR) is 115 cm³/mol. The van der Waals surface area contributed by atoms with Crippen LogP contribution in [0.5, 0.6) is 0 Å². The van der Waals surface area contributed by atoms with Crippen LogP contribution in [0.3, 0.4) is 0 Å². The van der Waals surface area contributed by atoms with Gasteiger partial charge in [0, 0.05) is 43.6 Å². The Kier molecular flexibility index (Phi) is 5.85. The van der Waals surface area contributed by atoms with Gasteiger partial charge in [-0.25, -0.2) is 9.59 Å². The van der Waals surface area contributed by atoms with E-state index in [1.165, 1.54) is 18.2 Å². The second-order valence-corrected chi connectivity index (χ2v) is 7.69. The molecule has 1 aliphatic heterocycles. The fraction of sp³-hybridized carbons (Fsp3) is 0.409. The fourth-order valence-electron chi connectivity index (χ4n) is 4.30. The van der Waals surface area contributed by atoms with Gasteiger partial charge in [-0.3, -0.25) is 9.88 Å². The molecule has 2 aromatic rings. The highest BCUT2D eigenvalue weighted by Gasteiger charge is 2.32. The topological polar surface area (TPSA) is 86.8 Å². The number of amides is 3. The lowest BCUT2D eigenvalue weighted by molar-refractivity contribution is 0.0746. The Hall–Kier alpha value is -3.13. The van der Waals surface area contributed by atoms with Crippen molar-refractivity contribution in [1.82, 2.24) is 14.8 Å². The first kappa shape index (κ1) is 20.2. The van der Waals surface area contributed by atoms with E-state index in [-0.39, 0.29) is 12.1 Å². The summed E-state index contributed by atoms with van der Waals surface area (Å²) in [4.78, 5) is 32.6. The maximum absolute atomic E-state index is 12.5. The number of anilines is 2. The Balaban J connectivity index is 1.41. The van der Waals surface area contributed by atoms with Crippen molar-refractivity contribution >= 4 is 23.5 Å². The summed E-state index contributed by atoms with van der Waals surface area (Å²) in [5.74, 6) is 0. The number of carbonyl (C=O) groups excluding carboxylic acids is 2. The van der Waals surface area contributed by atoms with Crippen LogP contribution in [0.15, 0.2) is 36.5 Å². The molecular weight excluding hydrogens is 382 g/mol. The number of benzene rings is 1. The number of urea groups is 1. The molecule has 0 saturated carbocycles. The lowest BCUT2D eigenvalue weighted by Crippen LogP contribution is -2.49. The average molecular weight is 409 g/mol. The standard InChI is InChI=1S/C22H27N5O3/c1-15-6-7-16(14-23-15)24-21(28)25-19-5-3-4-18-17(19)8-9-20(18)26-10-12-27(13-11-26)22(29)30-2/h3-7,14,20H,8-13H2,1-2H3,(H2,24,25,28). The molecule has 158 valence electrons. The van der Waals surface area contributed by atoms with E-state index in [9.17, 15) is 9.59 Å². The first-order chi connectivity index (χ1) is 14.5. The number of carbonyl (C=O) groups is 2. The Morgan fingerprint density at radius 2 is 1.90 bits per heavy atom. The van der Waals surface area contributed by atoms with Gasteiger partial charge >= 0.3 is 12.1 Å². The van der Waals surface area contributed by atoms with Crippen LogP contribution in [0.2, 0.25) is 0 Å². The number of hydrogen-bond donors (Lipinski definition) is 2. The Morgan fingerprint density at radius 3 is 2.60 bits per heavy atom. The van der Waals surface area contributed by atoms with Crippen LogP contribution in [0.1, 0.15) is 29.3 Å². The van der Waals surface area contributed by atoms with E-state index in [2.05, 4.69) is 26.6 Å². The molecule has 8 nitrogen and oxygen atoms in total. The highest BCUT2D eigenvalue weighted by atomic mass is 16.5. The molecule has 8 heteroatoms. The van der Waals surface area contributed by atoms with E-state index in [1.807, 2.05) is 31.2 Å². The van der Waals surface area contributed by atoms with Gasteiger partial charge in [0.25, 0.3) is 0 Å². The number of aryl methyl sites for hydroxylation is 1. The SMILES string of the molecule is COC(=O)N1CCN(C2CCc3c(NC(=O)Nc4ccc(C)nc4)cccc32)CC1. The van der Waals surface area contributed by atoms with E-state index < -0.39 is 0 Å². The molecule has 1 aromatic carbocycles. The Morgan fingerprint density at radius 1 is 1.10 bits per heavy atom. The number of aromatic nitrogens is 1. The number of piperazine rings is 1. The number of nitrogens with zero attached hydrogens (tertiary/aromatic N) is 3. The summed E-state index contributed by atoms with van der Waals surface area (Å²) < 4.78 is 4.83. The van der Waals surface area contributed by atoms with E-state index in [0.29, 0.717) is 24.8 Å². The smallest absolute Gasteiger partial charge is 0.409 e. The minimum absolute atomic E-state index is 0.261. The predicted octanol–water partition coefficient (Wildman–Crippen LogP) is 3.41. The summed E-state index contributed by atoms with van der Waals surface area (Å²) in [7, 11) is 1.42. The first-order valence-electron chi connectivity index (χ1n) is 10.2. The molecule has 2 heterocycles. The molecule has 2 N–H and O–H groups in total. The summed E-state index contributed by atoms with van der Waals surface area (Å²) in [5.41, 5.74) is 4.86. The summed E-state index contributed by atoms with van der Waals surface area (Å²) >= 11 is 0. The van der Waals surface area contributed by atoms with Gasteiger partial charge in [0.2, 0.25) is 0 Å². The normalized spacial score (nSPS) is 18.6. The molecule has 1 aromatic heterocycles. The fourth-order valence-corrected chi connectivity index (χ4v) is 4.30. The van der Waals surface area contributed by atoms with Crippen LogP contribution in [-0.2, 0) is 11.2 Å². The quantitative estimate of drug-likeness (QED) is 0.811. The molecule has 0 spiro atoms. The van der Waals surface area contributed by atoms with Crippen LogP contribution < -0.4 is 10.6 Å². The lowest BCUT2D eigenvalue weighted by Gasteiger charge is -2.37. The zero-order valence-corrected chi connectivity index (χ0v) is 17.4. The second kappa shape index (κ2) is 8.71. The van der Waals surface area contributed by atoms with Crippen LogP contribution in [0.25, 0.3) is 0 Å². The van der Waals surface area contributed by atoms with Crippen molar-refractivity contribution in [3.8, 4) is 0 Å². The molecule has 1 unspecified atom stereocenters. The molecule has 4 rings (SSSR count). The van der Waals surface area contributed by atoms with Crippen LogP contribution >= 0.6 is 0 Å². The van der Waals surface area contributed by atoms with E-state index >= 15 is 0 Å². The number of ether oxygens (including phenoxy) is 1. The largest absolute Gasteiger partial charge is 0.453 e. The van der Waals surface area contributed by atoms with Gasteiger partial charge in [0.1, 0.15) is 0 Å². The van der Waals surface area contributed by atoms with Crippen molar-refractivity contribution in [3.63, 3.8) is 0 Å². The number of pyridine rings is 1. The molecule has 1 fully saturated rings. The first-order valence-corrected chi connectivity index (χ1v) is 10.2. The number of fused-ring (bicyclic) bond motifs is 1. The second-order valence-electron chi connectivity index (χ2n) is 7.69. The summed E-state index contributed by atoms with van der Waals surface area (Å²) in [5, 5.41) is 5.82. The molecule has 0 radical (unpaired) electrons. The summed E-state index contributed by atoms with van der Waals surface area (Å²) in [6.45, 7) is 4.88. The van der Waals surface area contributed by atoms with Gasteiger partial charge in [0.15, 0.2) is 0 Å². The monoisotopic (exact) mass is 409 g/mol. The minimum atomic E-state index is -0.274. The van der Waals surface area contributed by atoms with Crippen molar-refractivity contribution < 1.29 is 14.3 Å². The van der Waals surface area contributed by atoms with Crippen LogP contribution in [0, 0.1) is 6.92 Å². The molecule has 2 aliphatic rings. The zero-order valence-electron chi connectivity index (χ0n) is 17.4. The van der Waals surface area contributed by atoms with Gasteiger partial charge in [-0.15, -0.1) is 0 Å². The van der Waals surface area contributed by atoms with E-state index in [4.69, 9.17) is 4.74 Å². The van der Waals surface area contributed by atoms with Crippen molar-refractivity contribution in [3.05, 3.63) is 53.3 Å². The van der Waals surface area contributed by atoms with Gasteiger partial charge in [-0.05, 0) is 49.1 Å². The minimum Gasteiger partial charge on any atom is -0.453 e. The van der Waals surface area contributed by atoms with Gasteiger partial charge in [-0.2, -0.15) is 0 Å². The molecule has 1 atom stereocenters.